The first-order valence-electron chi connectivity index (χ1n) is 6.33. The third kappa shape index (κ3) is 5.43. The zero-order valence-corrected chi connectivity index (χ0v) is 11.9. The molecule has 0 spiro atoms. The van der Waals surface area contributed by atoms with Crippen molar-refractivity contribution >= 4 is 5.65 Å². The van der Waals surface area contributed by atoms with E-state index in [9.17, 15) is 0 Å². The van der Waals surface area contributed by atoms with Crippen molar-refractivity contribution in [3.8, 4) is 0 Å². The van der Waals surface area contributed by atoms with Crippen molar-refractivity contribution in [1.82, 2.24) is 19.8 Å². The zero-order chi connectivity index (χ0) is 13.3. The summed E-state index contributed by atoms with van der Waals surface area (Å²) in [5.74, 6) is 0.753. The number of aryl methyl sites for hydroxylation is 2. The number of aromatic nitrogens is 4. The predicted octanol–water partition coefficient (Wildman–Crippen LogP) is 3.57. The molecule has 0 atom stereocenters. The fourth-order valence-corrected chi connectivity index (χ4v) is 0.983. The molecule has 2 heterocycles. The van der Waals surface area contributed by atoms with E-state index in [1.54, 1.807) is 6.20 Å². The van der Waals surface area contributed by atoms with E-state index in [0.29, 0.717) is 0 Å². The maximum Gasteiger partial charge on any atom is 0.176 e. The number of nitrogens with zero attached hydrogens (tertiary/aromatic N) is 4. The van der Waals surface area contributed by atoms with Crippen LogP contribution in [0.3, 0.4) is 0 Å². The van der Waals surface area contributed by atoms with Gasteiger partial charge in [0.25, 0.3) is 0 Å². The summed E-state index contributed by atoms with van der Waals surface area (Å²) in [6.07, 6.45) is 4.40. The van der Waals surface area contributed by atoms with Crippen molar-refractivity contribution < 1.29 is 0 Å². The van der Waals surface area contributed by atoms with Crippen LogP contribution >= 0.6 is 0 Å². The van der Waals surface area contributed by atoms with E-state index < -0.39 is 0 Å². The second kappa shape index (κ2) is 8.67. The first-order chi connectivity index (χ1) is 8.17. The predicted molar refractivity (Wildman–Crippen MR) is 72.2 cm³/mol. The summed E-state index contributed by atoms with van der Waals surface area (Å²) >= 11 is 0. The van der Waals surface area contributed by atoms with Crippen molar-refractivity contribution in [1.29, 1.82) is 0 Å². The van der Waals surface area contributed by atoms with E-state index in [0.717, 1.165) is 17.0 Å². The number of fused-ring (bicyclic) bond motifs is 1. The normalized spacial score (nSPS) is 9.06. The fraction of sp³-hybridized carbons (Fsp3) is 0.615. The monoisotopic (exact) mass is 236 g/mol. The molecule has 0 amide bonds. The molecule has 2 aromatic heterocycles. The van der Waals surface area contributed by atoms with Crippen molar-refractivity contribution in [2.45, 2.75) is 54.4 Å². The highest BCUT2D eigenvalue weighted by molar-refractivity contribution is 5.37. The van der Waals surface area contributed by atoms with E-state index in [-0.39, 0.29) is 0 Å². The molecule has 0 aromatic carbocycles. The quantitative estimate of drug-likeness (QED) is 0.760. The summed E-state index contributed by atoms with van der Waals surface area (Å²) in [5.41, 5.74) is 1.91. The van der Waals surface area contributed by atoms with Crippen LogP contribution in [-0.2, 0) is 0 Å². The molecule has 0 bridgehead atoms. The Morgan fingerprint density at radius 3 is 2.24 bits per heavy atom. The Morgan fingerprint density at radius 2 is 1.71 bits per heavy atom. The van der Waals surface area contributed by atoms with Gasteiger partial charge >= 0.3 is 0 Å². The smallest absolute Gasteiger partial charge is 0.176 e. The van der Waals surface area contributed by atoms with Crippen molar-refractivity contribution in [3.63, 3.8) is 0 Å². The first-order valence-corrected chi connectivity index (χ1v) is 6.33. The number of hydrogen-bond donors (Lipinski definition) is 0. The van der Waals surface area contributed by atoms with Gasteiger partial charge in [-0.3, -0.25) is 0 Å². The molecule has 0 N–H and O–H groups in total. The minimum atomic E-state index is 0.753. The zero-order valence-electron chi connectivity index (χ0n) is 11.9. The minimum Gasteiger partial charge on any atom is -0.210 e. The maximum absolute atomic E-state index is 4.16. The Labute approximate surface area is 104 Å². The molecule has 4 heteroatoms. The third-order valence-electron chi connectivity index (χ3n) is 1.95. The summed E-state index contributed by atoms with van der Waals surface area (Å²) in [6, 6.07) is 1.95. The average molecular weight is 236 g/mol. The number of rotatable bonds is 1. The lowest BCUT2D eigenvalue weighted by molar-refractivity contribution is 0.784. The molecule has 2 rings (SSSR count). The highest BCUT2D eigenvalue weighted by Gasteiger charge is 1.98. The van der Waals surface area contributed by atoms with Crippen LogP contribution in [-0.4, -0.2) is 19.8 Å². The molecule has 0 fully saturated rings. The Bertz CT molecular complexity index is 418. The van der Waals surface area contributed by atoms with Crippen molar-refractivity contribution in [2.24, 2.45) is 0 Å². The van der Waals surface area contributed by atoms with Gasteiger partial charge in [-0.05, 0) is 25.5 Å². The first kappa shape index (κ1) is 15.6. The van der Waals surface area contributed by atoms with Gasteiger partial charge in [0.2, 0.25) is 0 Å². The minimum absolute atomic E-state index is 0.753. The lowest BCUT2D eigenvalue weighted by atomic mass is 10.3. The van der Waals surface area contributed by atoms with Crippen LogP contribution in [0.4, 0.5) is 0 Å². The Balaban J connectivity index is 0.000000368. The van der Waals surface area contributed by atoms with Gasteiger partial charge < -0.3 is 0 Å². The van der Waals surface area contributed by atoms with Crippen molar-refractivity contribution in [3.05, 3.63) is 23.7 Å². The van der Waals surface area contributed by atoms with E-state index >= 15 is 0 Å². The molecule has 96 valence electrons. The SMILES string of the molecule is CC.CCCC.Cc1cnn2nc(C)nc2c1. The standard InChI is InChI=1S/C7H8N4.C4H10.C2H6/c1-5-3-7-9-6(2)10-11(7)8-4-5;1-3-4-2;1-2/h3-4H,1-2H3;3-4H2,1-2H3;1-2H3. The van der Waals surface area contributed by atoms with E-state index in [1.807, 2.05) is 33.8 Å². The average Bonchev–Trinajstić information content (AvgIpc) is 2.71. The van der Waals surface area contributed by atoms with Gasteiger partial charge in [0.05, 0.1) is 6.20 Å². The highest BCUT2D eigenvalue weighted by atomic mass is 15.4. The maximum atomic E-state index is 4.16. The fourth-order valence-electron chi connectivity index (χ4n) is 0.983. The number of unbranched alkanes of at least 4 members (excludes halogenated alkanes) is 1. The van der Waals surface area contributed by atoms with Gasteiger partial charge in [-0.1, -0.05) is 40.5 Å². The molecule has 0 saturated carbocycles. The lowest BCUT2D eigenvalue weighted by Crippen LogP contribution is -1.93. The summed E-state index contributed by atoms with van der Waals surface area (Å²) in [7, 11) is 0. The van der Waals surface area contributed by atoms with Crippen LogP contribution in [0.1, 0.15) is 51.9 Å². The number of hydrogen-bond acceptors (Lipinski definition) is 3. The molecule has 2 aromatic rings. The van der Waals surface area contributed by atoms with Gasteiger partial charge in [0, 0.05) is 0 Å². The Hall–Kier alpha value is -1.45. The van der Waals surface area contributed by atoms with Crippen LogP contribution < -0.4 is 0 Å². The topological polar surface area (TPSA) is 43.1 Å². The van der Waals surface area contributed by atoms with Gasteiger partial charge in [-0.2, -0.15) is 5.10 Å². The van der Waals surface area contributed by atoms with E-state index in [1.165, 1.54) is 17.5 Å². The molecule has 17 heavy (non-hydrogen) atoms. The molecule has 0 aliphatic carbocycles. The lowest BCUT2D eigenvalue weighted by Gasteiger charge is -1.89. The summed E-state index contributed by atoms with van der Waals surface area (Å²) in [6.45, 7) is 12.2. The van der Waals surface area contributed by atoms with Crippen LogP contribution in [0, 0.1) is 13.8 Å². The molecule has 0 aliphatic rings. The summed E-state index contributed by atoms with van der Waals surface area (Å²) in [4.78, 5) is 4.16. The molecule has 4 nitrogen and oxygen atoms in total. The molecule has 0 radical (unpaired) electrons. The highest BCUT2D eigenvalue weighted by Crippen LogP contribution is 2.00. The van der Waals surface area contributed by atoms with Crippen molar-refractivity contribution in [2.75, 3.05) is 0 Å². The van der Waals surface area contributed by atoms with Gasteiger partial charge in [-0.15, -0.1) is 9.73 Å². The second-order valence-corrected chi connectivity index (χ2v) is 3.54. The van der Waals surface area contributed by atoms with Crippen LogP contribution in [0.15, 0.2) is 12.3 Å². The van der Waals surface area contributed by atoms with Crippen LogP contribution in [0.2, 0.25) is 0 Å². The summed E-state index contributed by atoms with van der Waals surface area (Å²) < 4.78 is 1.53. The van der Waals surface area contributed by atoms with Gasteiger partial charge in [0.15, 0.2) is 5.65 Å². The molecule has 0 saturated heterocycles. The van der Waals surface area contributed by atoms with Gasteiger partial charge in [0.1, 0.15) is 5.82 Å². The van der Waals surface area contributed by atoms with E-state index in [4.69, 9.17) is 0 Å². The molecule has 0 unspecified atom stereocenters. The largest absolute Gasteiger partial charge is 0.210 e. The Kier molecular flexibility index (Phi) is 7.93. The second-order valence-electron chi connectivity index (χ2n) is 3.54. The van der Waals surface area contributed by atoms with Crippen LogP contribution in [0.25, 0.3) is 5.65 Å². The molecular formula is C13H24N4. The van der Waals surface area contributed by atoms with E-state index in [2.05, 4.69) is 29.0 Å². The third-order valence-corrected chi connectivity index (χ3v) is 1.95. The molecular weight excluding hydrogens is 212 g/mol. The Morgan fingerprint density at radius 1 is 1.12 bits per heavy atom. The summed E-state index contributed by atoms with van der Waals surface area (Å²) in [5, 5.41) is 8.09. The van der Waals surface area contributed by atoms with Crippen LogP contribution in [0.5, 0.6) is 0 Å². The van der Waals surface area contributed by atoms with Gasteiger partial charge in [-0.25, -0.2) is 4.98 Å². The molecule has 0 aliphatic heterocycles.